The number of hydrogen-bond donors (Lipinski definition) is 1. The normalized spacial score (nSPS) is 17.9. The molecule has 0 radical (unpaired) electrons. The summed E-state index contributed by atoms with van der Waals surface area (Å²) in [5, 5.41) is 3.35. The summed E-state index contributed by atoms with van der Waals surface area (Å²) in [5.41, 5.74) is 1.82. The van der Waals surface area contributed by atoms with Crippen molar-refractivity contribution in [2.75, 3.05) is 26.2 Å². The van der Waals surface area contributed by atoms with Crippen molar-refractivity contribution < 1.29 is 4.39 Å². The van der Waals surface area contributed by atoms with E-state index < -0.39 is 0 Å². The van der Waals surface area contributed by atoms with Gasteiger partial charge in [-0.2, -0.15) is 0 Å². The average Bonchev–Trinajstić information content (AvgIpc) is 2.90. The first-order valence-corrected chi connectivity index (χ1v) is 8.30. The van der Waals surface area contributed by atoms with Gasteiger partial charge in [-0.15, -0.1) is 11.3 Å². The van der Waals surface area contributed by atoms with Gasteiger partial charge in [0.15, 0.2) is 0 Å². The van der Waals surface area contributed by atoms with Crippen LogP contribution in [0, 0.1) is 12.7 Å². The lowest BCUT2D eigenvalue weighted by atomic mass is 10.00. The van der Waals surface area contributed by atoms with E-state index in [1.165, 1.54) is 11.3 Å². The highest BCUT2D eigenvalue weighted by atomic mass is 35.5. The van der Waals surface area contributed by atoms with Crippen molar-refractivity contribution in [2.45, 2.75) is 13.0 Å². The second kappa shape index (κ2) is 6.44. The molecule has 1 saturated heterocycles. The van der Waals surface area contributed by atoms with Crippen LogP contribution in [-0.4, -0.2) is 31.1 Å². The van der Waals surface area contributed by atoms with E-state index in [0.717, 1.165) is 46.5 Å². The Morgan fingerprint density at radius 1 is 1.24 bits per heavy atom. The number of benzene rings is 1. The molecule has 5 heteroatoms. The van der Waals surface area contributed by atoms with Crippen LogP contribution in [-0.2, 0) is 0 Å². The summed E-state index contributed by atoms with van der Waals surface area (Å²) in [5.74, 6) is -0.145. The lowest BCUT2D eigenvalue weighted by molar-refractivity contribution is 0.197. The SMILES string of the molecule is Cc1ccc(F)c([C@@H](c2ccc(Cl)s2)N2CCNCC2)c1. The van der Waals surface area contributed by atoms with Crippen LogP contribution >= 0.6 is 22.9 Å². The summed E-state index contributed by atoms with van der Waals surface area (Å²) in [7, 11) is 0. The van der Waals surface area contributed by atoms with Crippen molar-refractivity contribution in [3.8, 4) is 0 Å². The van der Waals surface area contributed by atoms with Crippen molar-refractivity contribution in [2.24, 2.45) is 0 Å². The summed E-state index contributed by atoms with van der Waals surface area (Å²) < 4.78 is 15.1. The summed E-state index contributed by atoms with van der Waals surface area (Å²) in [6.07, 6.45) is 0. The van der Waals surface area contributed by atoms with Crippen molar-refractivity contribution in [3.05, 3.63) is 56.5 Å². The fourth-order valence-electron chi connectivity index (χ4n) is 2.82. The summed E-state index contributed by atoms with van der Waals surface area (Å²) in [6.45, 7) is 5.69. The van der Waals surface area contributed by atoms with Crippen molar-refractivity contribution >= 4 is 22.9 Å². The molecule has 0 unspecified atom stereocenters. The number of thiophene rings is 1. The Kier molecular flexibility index (Phi) is 4.60. The van der Waals surface area contributed by atoms with Gasteiger partial charge in [-0.25, -0.2) is 4.39 Å². The van der Waals surface area contributed by atoms with Crippen molar-refractivity contribution in [1.29, 1.82) is 0 Å². The number of aryl methyl sites for hydroxylation is 1. The van der Waals surface area contributed by atoms with Crippen LogP contribution in [0.5, 0.6) is 0 Å². The molecule has 0 spiro atoms. The van der Waals surface area contributed by atoms with Gasteiger partial charge in [0.05, 0.1) is 10.4 Å². The Bertz CT molecular complexity index is 622. The third-order valence-corrected chi connectivity index (χ3v) is 5.11. The zero-order valence-electron chi connectivity index (χ0n) is 11.9. The van der Waals surface area contributed by atoms with Crippen LogP contribution < -0.4 is 5.32 Å². The minimum absolute atomic E-state index is 0.0514. The van der Waals surface area contributed by atoms with E-state index >= 15 is 0 Å². The van der Waals surface area contributed by atoms with E-state index in [1.807, 2.05) is 31.2 Å². The Morgan fingerprint density at radius 3 is 2.67 bits per heavy atom. The van der Waals surface area contributed by atoms with Gasteiger partial charge in [0.25, 0.3) is 0 Å². The molecular weight excluding hydrogens is 307 g/mol. The molecule has 112 valence electrons. The van der Waals surface area contributed by atoms with E-state index in [-0.39, 0.29) is 11.9 Å². The average molecular weight is 325 g/mol. The molecule has 1 N–H and O–H groups in total. The number of halogens is 2. The molecule has 1 aliphatic heterocycles. The van der Waals surface area contributed by atoms with E-state index in [0.29, 0.717) is 0 Å². The van der Waals surface area contributed by atoms with Crippen LogP contribution in [0.3, 0.4) is 0 Å². The lowest BCUT2D eigenvalue weighted by Crippen LogP contribution is -2.45. The van der Waals surface area contributed by atoms with E-state index in [9.17, 15) is 4.39 Å². The Morgan fingerprint density at radius 2 is 2.00 bits per heavy atom. The summed E-state index contributed by atoms with van der Waals surface area (Å²) >= 11 is 7.63. The number of hydrogen-bond acceptors (Lipinski definition) is 3. The highest BCUT2D eigenvalue weighted by Gasteiger charge is 2.27. The fourth-order valence-corrected chi connectivity index (χ4v) is 4.03. The molecule has 21 heavy (non-hydrogen) atoms. The molecule has 1 aromatic carbocycles. The van der Waals surface area contributed by atoms with E-state index in [2.05, 4.69) is 10.2 Å². The van der Waals surface area contributed by atoms with Crippen LogP contribution in [0.25, 0.3) is 0 Å². The minimum Gasteiger partial charge on any atom is -0.314 e. The number of rotatable bonds is 3. The molecule has 0 bridgehead atoms. The topological polar surface area (TPSA) is 15.3 Å². The maximum absolute atomic E-state index is 14.4. The quantitative estimate of drug-likeness (QED) is 0.922. The van der Waals surface area contributed by atoms with Gasteiger partial charge in [0, 0.05) is 36.6 Å². The zero-order valence-corrected chi connectivity index (χ0v) is 13.5. The second-order valence-electron chi connectivity index (χ2n) is 5.36. The molecule has 1 aliphatic rings. The van der Waals surface area contributed by atoms with Crippen LogP contribution in [0.2, 0.25) is 4.34 Å². The summed E-state index contributed by atoms with van der Waals surface area (Å²) in [4.78, 5) is 3.43. The smallest absolute Gasteiger partial charge is 0.128 e. The second-order valence-corrected chi connectivity index (χ2v) is 7.10. The monoisotopic (exact) mass is 324 g/mol. The number of piperazine rings is 1. The van der Waals surface area contributed by atoms with Crippen molar-refractivity contribution in [1.82, 2.24) is 10.2 Å². The zero-order chi connectivity index (χ0) is 14.8. The Balaban J connectivity index is 2.04. The molecule has 0 amide bonds. The Labute approximate surface area is 133 Å². The number of nitrogens with zero attached hydrogens (tertiary/aromatic N) is 1. The fraction of sp³-hybridized carbons (Fsp3) is 0.375. The molecule has 3 rings (SSSR count). The third-order valence-electron chi connectivity index (χ3n) is 3.83. The molecule has 0 saturated carbocycles. The first-order chi connectivity index (χ1) is 10.1. The largest absolute Gasteiger partial charge is 0.314 e. The highest BCUT2D eigenvalue weighted by molar-refractivity contribution is 7.16. The third kappa shape index (κ3) is 3.29. The van der Waals surface area contributed by atoms with Gasteiger partial charge in [0.1, 0.15) is 5.82 Å². The first kappa shape index (κ1) is 15.0. The molecule has 1 fully saturated rings. The van der Waals surface area contributed by atoms with E-state index in [4.69, 9.17) is 11.6 Å². The molecule has 1 atom stereocenters. The van der Waals surface area contributed by atoms with Crippen LogP contribution in [0.15, 0.2) is 30.3 Å². The van der Waals surface area contributed by atoms with Gasteiger partial charge < -0.3 is 5.32 Å². The maximum Gasteiger partial charge on any atom is 0.128 e. The lowest BCUT2D eigenvalue weighted by Gasteiger charge is -2.35. The molecular formula is C16H18ClFN2S. The Hall–Kier alpha value is -0.940. The minimum atomic E-state index is -0.145. The maximum atomic E-state index is 14.4. The van der Waals surface area contributed by atoms with Gasteiger partial charge in [-0.05, 0) is 25.1 Å². The van der Waals surface area contributed by atoms with Gasteiger partial charge in [-0.3, -0.25) is 4.90 Å². The molecule has 2 aromatic rings. The number of nitrogens with one attached hydrogen (secondary N) is 1. The first-order valence-electron chi connectivity index (χ1n) is 7.11. The van der Waals surface area contributed by atoms with Crippen LogP contribution in [0.4, 0.5) is 4.39 Å². The molecule has 2 heterocycles. The van der Waals surface area contributed by atoms with Gasteiger partial charge in [-0.1, -0.05) is 29.3 Å². The van der Waals surface area contributed by atoms with E-state index in [1.54, 1.807) is 6.07 Å². The highest BCUT2D eigenvalue weighted by Crippen LogP contribution is 2.36. The molecule has 1 aromatic heterocycles. The summed E-state index contributed by atoms with van der Waals surface area (Å²) in [6, 6.07) is 9.19. The van der Waals surface area contributed by atoms with Crippen molar-refractivity contribution in [3.63, 3.8) is 0 Å². The molecule has 0 aliphatic carbocycles. The molecule has 2 nitrogen and oxygen atoms in total. The predicted octanol–water partition coefficient (Wildman–Crippen LogP) is 3.84. The van der Waals surface area contributed by atoms with Gasteiger partial charge in [0.2, 0.25) is 0 Å². The van der Waals surface area contributed by atoms with Crippen LogP contribution in [0.1, 0.15) is 22.0 Å². The van der Waals surface area contributed by atoms with Gasteiger partial charge >= 0.3 is 0 Å². The standard InChI is InChI=1S/C16H18ClFN2S/c1-11-2-3-13(18)12(10-11)16(14-4-5-15(17)21-14)20-8-6-19-7-9-20/h2-5,10,16,19H,6-9H2,1H3/t16-/m0/s1. The predicted molar refractivity (Wildman–Crippen MR) is 86.8 cm³/mol.